The Hall–Kier alpha value is -4.67. The molecule has 0 fully saturated rings. The van der Waals surface area contributed by atoms with E-state index in [4.69, 9.17) is 5.73 Å². The number of aromatic nitrogens is 1. The molecule has 0 aliphatic heterocycles. The fourth-order valence-electron chi connectivity index (χ4n) is 4.36. The molecule has 38 heavy (non-hydrogen) atoms. The fraction of sp³-hybridized carbons (Fsp3) is 0.129. The number of nitrogens with zero attached hydrogens (tertiary/aromatic N) is 2. The van der Waals surface area contributed by atoms with Crippen LogP contribution in [0.25, 0.3) is 21.3 Å². The number of nitriles is 1. The number of carbonyl (C=O) groups excluding carboxylic acids is 1. The van der Waals surface area contributed by atoms with Crippen LogP contribution >= 0.6 is 11.3 Å². The number of hydrogen-bond acceptors (Lipinski definition) is 6. The normalized spacial score (nSPS) is 10.9. The Bertz CT molecular complexity index is 1640. The predicted octanol–water partition coefficient (Wildman–Crippen LogP) is 7.21. The highest BCUT2D eigenvalue weighted by atomic mass is 32.1. The highest BCUT2D eigenvalue weighted by molar-refractivity contribution is 7.24. The summed E-state index contributed by atoms with van der Waals surface area (Å²) in [6, 6.07) is 29.7. The summed E-state index contributed by atoms with van der Waals surface area (Å²) in [5.74, 6) is 0.247. The highest BCUT2D eigenvalue weighted by Gasteiger charge is 2.26. The summed E-state index contributed by atoms with van der Waals surface area (Å²) in [4.78, 5) is 18.2. The number of fused-ring (bicyclic) bond motifs is 1. The van der Waals surface area contributed by atoms with Crippen molar-refractivity contribution in [1.82, 2.24) is 10.3 Å². The SMILES string of the molecule is CC(C)c1ccc(Nc2sc3c(-c4ccccc4)c(C#N)c(N)nc3c2C(=O)NCc2ccccc2)cc1. The lowest BCUT2D eigenvalue weighted by molar-refractivity contribution is 0.0953. The summed E-state index contributed by atoms with van der Waals surface area (Å²) in [6.45, 7) is 4.67. The highest BCUT2D eigenvalue weighted by Crippen LogP contribution is 2.44. The number of hydrogen-bond donors (Lipinski definition) is 3. The first-order chi connectivity index (χ1) is 18.5. The zero-order valence-corrected chi connectivity index (χ0v) is 22.0. The molecule has 0 saturated carbocycles. The van der Waals surface area contributed by atoms with Crippen LogP contribution in [-0.4, -0.2) is 10.9 Å². The number of benzene rings is 3. The fourth-order valence-corrected chi connectivity index (χ4v) is 5.59. The van der Waals surface area contributed by atoms with Crippen molar-refractivity contribution in [2.24, 2.45) is 0 Å². The Morgan fingerprint density at radius 2 is 1.66 bits per heavy atom. The number of anilines is 3. The first-order valence-corrected chi connectivity index (χ1v) is 13.2. The molecule has 0 bridgehead atoms. The number of carbonyl (C=O) groups is 1. The zero-order valence-electron chi connectivity index (χ0n) is 21.2. The van der Waals surface area contributed by atoms with E-state index in [1.807, 2.05) is 72.8 Å². The number of nitrogens with two attached hydrogens (primary N) is 1. The maximum atomic E-state index is 13.7. The second-order valence-corrected chi connectivity index (χ2v) is 10.3. The molecule has 6 nitrogen and oxygen atoms in total. The third-order valence-electron chi connectivity index (χ3n) is 6.38. The Morgan fingerprint density at radius 3 is 2.29 bits per heavy atom. The van der Waals surface area contributed by atoms with Gasteiger partial charge in [-0.1, -0.05) is 86.6 Å². The molecule has 5 aromatic rings. The quantitative estimate of drug-likeness (QED) is 0.211. The van der Waals surface area contributed by atoms with Gasteiger partial charge in [0.15, 0.2) is 0 Å². The van der Waals surface area contributed by atoms with Crippen LogP contribution in [0.4, 0.5) is 16.5 Å². The van der Waals surface area contributed by atoms with Crippen molar-refractivity contribution >= 4 is 44.0 Å². The second-order valence-electron chi connectivity index (χ2n) is 9.28. The summed E-state index contributed by atoms with van der Waals surface area (Å²) in [7, 11) is 0. The van der Waals surface area contributed by atoms with E-state index in [1.165, 1.54) is 16.9 Å². The third kappa shape index (κ3) is 4.95. The summed E-state index contributed by atoms with van der Waals surface area (Å²) in [6.07, 6.45) is 0. The summed E-state index contributed by atoms with van der Waals surface area (Å²) in [5.41, 5.74) is 12.1. The van der Waals surface area contributed by atoms with Gasteiger partial charge in [0.05, 0.1) is 10.2 Å². The van der Waals surface area contributed by atoms with Crippen molar-refractivity contribution in [2.75, 3.05) is 11.1 Å². The molecule has 0 saturated heterocycles. The molecule has 0 aliphatic rings. The molecule has 4 N–H and O–H groups in total. The predicted molar refractivity (Wildman–Crippen MR) is 156 cm³/mol. The van der Waals surface area contributed by atoms with Crippen molar-refractivity contribution in [3.05, 3.63) is 107 Å². The maximum Gasteiger partial charge on any atom is 0.256 e. The number of pyridine rings is 1. The van der Waals surface area contributed by atoms with Crippen LogP contribution in [0, 0.1) is 11.3 Å². The molecule has 1 amide bonds. The number of rotatable bonds is 7. The van der Waals surface area contributed by atoms with E-state index in [9.17, 15) is 10.1 Å². The molecule has 7 heteroatoms. The van der Waals surface area contributed by atoms with Crippen molar-refractivity contribution in [3.63, 3.8) is 0 Å². The van der Waals surface area contributed by atoms with E-state index in [1.54, 1.807) is 0 Å². The van der Waals surface area contributed by atoms with Crippen LogP contribution in [0.1, 0.15) is 46.8 Å². The minimum atomic E-state index is -0.267. The van der Waals surface area contributed by atoms with Crippen LogP contribution in [0.3, 0.4) is 0 Å². The van der Waals surface area contributed by atoms with Gasteiger partial charge in [-0.25, -0.2) is 4.98 Å². The zero-order chi connectivity index (χ0) is 26.6. The van der Waals surface area contributed by atoms with E-state index in [-0.39, 0.29) is 11.7 Å². The van der Waals surface area contributed by atoms with E-state index < -0.39 is 0 Å². The van der Waals surface area contributed by atoms with Gasteiger partial charge in [0, 0.05) is 17.8 Å². The Morgan fingerprint density at radius 1 is 1.00 bits per heavy atom. The van der Waals surface area contributed by atoms with E-state index >= 15 is 0 Å². The lowest BCUT2D eigenvalue weighted by Crippen LogP contribution is -2.23. The van der Waals surface area contributed by atoms with Crippen LogP contribution in [0.2, 0.25) is 0 Å². The molecule has 2 heterocycles. The molecule has 0 radical (unpaired) electrons. The van der Waals surface area contributed by atoms with Gasteiger partial charge in [0.2, 0.25) is 0 Å². The lowest BCUT2D eigenvalue weighted by atomic mass is 10.00. The molecule has 3 aromatic carbocycles. The number of nitrogen functional groups attached to an aromatic ring is 1. The van der Waals surface area contributed by atoms with Gasteiger partial charge in [-0.05, 0) is 34.7 Å². The second kappa shape index (κ2) is 10.8. The van der Waals surface area contributed by atoms with Crippen LogP contribution < -0.4 is 16.4 Å². The van der Waals surface area contributed by atoms with Gasteiger partial charge in [-0.15, -0.1) is 11.3 Å². The number of thiophene rings is 1. The molecule has 5 rings (SSSR count). The first-order valence-electron chi connectivity index (χ1n) is 12.4. The lowest BCUT2D eigenvalue weighted by Gasteiger charge is -2.11. The number of nitrogens with one attached hydrogen (secondary N) is 2. The average Bonchev–Trinajstić information content (AvgIpc) is 3.29. The summed E-state index contributed by atoms with van der Waals surface area (Å²) < 4.78 is 0.730. The van der Waals surface area contributed by atoms with E-state index in [2.05, 4.69) is 47.7 Å². The van der Waals surface area contributed by atoms with Crippen LogP contribution in [0.5, 0.6) is 0 Å². The topological polar surface area (TPSA) is 104 Å². The minimum absolute atomic E-state index is 0.0987. The summed E-state index contributed by atoms with van der Waals surface area (Å²) in [5, 5.41) is 17.1. The Balaban J connectivity index is 1.66. The Kier molecular flexibility index (Phi) is 7.07. The van der Waals surface area contributed by atoms with Gasteiger partial charge < -0.3 is 16.4 Å². The van der Waals surface area contributed by atoms with E-state index in [0.29, 0.717) is 39.7 Å². The summed E-state index contributed by atoms with van der Waals surface area (Å²) >= 11 is 1.40. The molecule has 0 unspecified atom stereocenters. The van der Waals surface area contributed by atoms with Crippen LogP contribution in [-0.2, 0) is 6.54 Å². The monoisotopic (exact) mass is 517 g/mol. The van der Waals surface area contributed by atoms with Gasteiger partial charge in [0.25, 0.3) is 5.91 Å². The van der Waals surface area contributed by atoms with Crippen molar-refractivity contribution in [3.8, 4) is 17.2 Å². The van der Waals surface area contributed by atoms with Gasteiger partial charge in [0.1, 0.15) is 28.0 Å². The van der Waals surface area contributed by atoms with Gasteiger partial charge in [-0.3, -0.25) is 4.79 Å². The molecule has 2 aromatic heterocycles. The Labute approximate surface area is 225 Å². The average molecular weight is 518 g/mol. The van der Waals surface area contributed by atoms with E-state index in [0.717, 1.165) is 21.5 Å². The molecule has 0 atom stereocenters. The van der Waals surface area contributed by atoms with Crippen molar-refractivity contribution in [2.45, 2.75) is 26.3 Å². The molecule has 0 aliphatic carbocycles. The van der Waals surface area contributed by atoms with Gasteiger partial charge in [-0.2, -0.15) is 5.26 Å². The van der Waals surface area contributed by atoms with Crippen molar-refractivity contribution < 1.29 is 4.79 Å². The largest absolute Gasteiger partial charge is 0.383 e. The molecular weight excluding hydrogens is 490 g/mol. The third-order valence-corrected chi connectivity index (χ3v) is 7.49. The molecule has 188 valence electrons. The van der Waals surface area contributed by atoms with Gasteiger partial charge >= 0.3 is 0 Å². The maximum absolute atomic E-state index is 13.7. The molecule has 0 spiro atoms. The number of amides is 1. The van der Waals surface area contributed by atoms with Crippen molar-refractivity contribution in [1.29, 1.82) is 5.26 Å². The first kappa shape index (κ1) is 25.0. The standard InChI is InChI=1S/C31H27N5OS/c1-19(2)21-13-15-23(16-14-21)35-31-26(30(37)34-18-20-9-5-3-6-10-20)27-28(38-31)25(22-11-7-4-8-12-22)24(17-32)29(33)36-27/h3-16,19,35H,18H2,1-2H3,(H2,33,36)(H,34,37). The smallest absolute Gasteiger partial charge is 0.256 e. The minimum Gasteiger partial charge on any atom is -0.383 e. The molecular formula is C31H27N5OS. The van der Waals surface area contributed by atoms with Crippen LogP contribution in [0.15, 0.2) is 84.9 Å².